The molecule has 1 aromatic carbocycles. The maximum atomic E-state index is 12.4. The van der Waals surface area contributed by atoms with Gasteiger partial charge in [0.15, 0.2) is 0 Å². The highest BCUT2D eigenvalue weighted by Gasteiger charge is 2.19. The Morgan fingerprint density at radius 1 is 1.38 bits per heavy atom. The highest BCUT2D eigenvalue weighted by molar-refractivity contribution is 7.89. The third-order valence-corrected chi connectivity index (χ3v) is 4.34. The lowest BCUT2D eigenvalue weighted by Crippen LogP contribution is -2.26. The highest BCUT2D eigenvalue weighted by Crippen LogP contribution is 2.25. The van der Waals surface area contributed by atoms with Crippen molar-refractivity contribution in [2.75, 3.05) is 26.9 Å². The van der Waals surface area contributed by atoms with E-state index in [9.17, 15) is 13.2 Å². The van der Waals surface area contributed by atoms with Gasteiger partial charge in [0.25, 0.3) is 0 Å². The summed E-state index contributed by atoms with van der Waals surface area (Å²) in [5.41, 5.74) is 0.447. The predicted octanol–water partition coefficient (Wildman–Crippen LogP) is 1.92. The normalized spacial score (nSPS) is 11.2. The van der Waals surface area contributed by atoms with Crippen molar-refractivity contribution in [3.05, 3.63) is 29.8 Å². The van der Waals surface area contributed by atoms with E-state index in [0.29, 0.717) is 25.2 Å². The number of halogens is 1. The fraction of sp³-hybridized carbons (Fsp3) is 0.400. The number of rotatable bonds is 10. The highest BCUT2D eigenvalue weighted by atomic mass is 35.5. The number of hydrogen-bond acceptors (Lipinski definition) is 5. The standard InChI is InChI=1S/C15H21NO6S.ClH/c1-3-22-10-4-9-16-23(19,20)14-11-12(6-8-15(17)18)5-7-13(14)21-2;/h5-8,11,16H,3-4,9-10H2,1-2H3,(H,17,18);1H/b8-6+;. The van der Waals surface area contributed by atoms with Gasteiger partial charge < -0.3 is 14.6 Å². The minimum atomic E-state index is -3.76. The van der Waals surface area contributed by atoms with Crippen molar-refractivity contribution in [1.82, 2.24) is 4.72 Å². The molecule has 7 nitrogen and oxygen atoms in total. The molecule has 1 aromatic rings. The number of hydrogen-bond donors (Lipinski definition) is 2. The van der Waals surface area contributed by atoms with Crippen molar-refractivity contribution in [2.45, 2.75) is 18.2 Å². The lowest BCUT2D eigenvalue weighted by Gasteiger charge is -2.11. The second-order valence-electron chi connectivity index (χ2n) is 4.53. The molecule has 0 aliphatic carbocycles. The second kappa shape index (κ2) is 11.0. The molecule has 0 unspecified atom stereocenters. The van der Waals surface area contributed by atoms with Crippen LogP contribution in [0.15, 0.2) is 29.2 Å². The SMILES string of the molecule is CCOCCCNS(=O)(=O)c1cc(/C=C/C(=O)O)ccc1OC.Cl. The summed E-state index contributed by atoms with van der Waals surface area (Å²) in [5, 5.41) is 8.64. The molecule has 0 aliphatic rings. The minimum absolute atomic E-state index is 0. The Kier molecular flexibility index (Phi) is 10.3. The molecule has 0 fully saturated rings. The fourth-order valence-corrected chi connectivity index (χ4v) is 3.05. The van der Waals surface area contributed by atoms with E-state index in [1.807, 2.05) is 6.92 Å². The summed E-state index contributed by atoms with van der Waals surface area (Å²) in [6.45, 7) is 3.15. The molecule has 0 atom stereocenters. The summed E-state index contributed by atoms with van der Waals surface area (Å²) in [6.07, 6.45) is 2.80. The molecular weight excluding hydrogens is 358 g/mol. The largest absolute Gasteiger partial charge is 0.495 e. The molecule has 0 radical (unpaired) electrons. The molecule has 2 N–H and O–H groups in total. The number of sulfonamides is 1. The molecule has 0 aliphatic heterocycles. The van der Waals surface area contributed by atoms with Gasteiger partial charge in [-0.15, -0.1) is 12.4 Å². The van der Waals surface area contributed by atoms with Gasteiger partial charge in [0, 0.05) is 25.8 Å². The van der Waals surface area contributed by atoms with Crippen molar-refractivity contribution < 1.29 is 27.8 Å². The molecule has 0 amide bonds. The topological polar surface area (TPSA) is 102 Å². The summed E-state index contributed by atoms with van der Waals surface area (Å²) in [5.74, 6) is -0.922. The summed E-state index contributed by atoms with van der Waals surface area (Å²) in [6, 6.07) is 4.42. The molecule has 0 bridgehead atoms. The maximum Gasteiger partial charge on any atom is 0.328 e. The number of carboxylic acid groups (broad SMARTS) is 1. The van der Waals surface area contributed by atoms with Gasteiger partial charge >= 0.3 is 5.97 Å². The van der Waals surface area contributed by atoms with Gasteiger partial charge in [-0.2, -0.15) is 0 Å². The van der Waals surface area contributed by atoms with Gasteiger partial charge in [0.05, 0.1) is 7.11 Å². The number of ether oxygens (including phenoxy) is 2. The average molecular weight is 380 g/mol. The lowest BCUT2D eigenvalue weighted by molar-refractivity contribution is -0.131. The van der Waals surface area contributed by atoms with E-state index in [4.69, 9.17) is 14.6 Å². The molecule has 0 aromatic heterocycles. The van der Waals surface area contributed by atoms with E-state index in [1.54, 1.807) is 6.07 Å². The Balaban J connectivity index is 0.00000529. The van der Waals surface area contributed by atoms with Gasteiger partial charge in [0.2, 0.25) is 10.0 Å². The smallest absolute Gasteiger partial charge is 0.328 e. The van der Waals surface area contributed by atoms with Crippen LogP contribution in [0.4, 0.5) is 0 Å². The Hall–Kier alpha value is -1.61. The van der Waals surface area contributed by atoms with Gasteiger partial charge in [-0.1, -0.05) is 6.07 Å². The Morgan fingerprint density at radius 3 is 2.67 bits per heavy atom. The molecule has 0 spiro atoms. The first-order chi connectivity index (χ1) is 10.9. The number of benzene rings is 1. The maximum absolute atomic E-state index is 12.4. The third kappa shape index (κ3) is 7.31. The third-order valence-electron chi connectivity index (χ3n) is 2.86. The zero-order valence-corrected chi connectivity index (χ0v) is 15.2. The van der Waals surface area contributed by atoms with E-state index >= 15 is 0 Å². The van der Waals surface area contributed by atoms with Crippen LogP contribution in [0.3, 0.4) is 0 Å². The van der Waals surface area contributed by atoms with Crippen LogP contribution in [0.1, 0.15) is 18.9 Å². The summed E-state index contributed by atoms with van der Waals surface area (Å²) in [7, 11) is -2.39. The first-order valence-electron chi connectivity index (χ1n) is 7.07. The van der Waals surface area contributed by atoms with Gasteiger partial charge in [-0.05, 0) is 37.1 Å². The molecule has 0 heterocycles. The number of methoxy groups -OCH3 is 1. The second-order valence-corrected chi connectivity index (χ2v) is 6.27. The molecule has 24 heavy (non-hydrogen) atoms. The monoisotopic (exact) mass is 379 g/mol. The molecule has 0 saturated carbocycles. The van der Waals surface area contributed by atoms with Crippen molar-refractivity contribution in [3.63, 3.8) is 0 Å². The van der Waals surface area contributed by atoms with Crippen molar-refractivity contribution >= 4 is 34.5 Å². The number of carbonyl (C=O) groups is 1. The van der Waals surface area contributed by atoms with Crippen LogP contribution in [0.5, 0.6) is 5.75 Å². The summed E-state index contributed by atoms with van der Waals surface area (Å²) < 4.78 is 37.4. The van der Waals surface area contributed by atoms with Crippen LogP contribution < -0.4 is 9.46 Å². The first-order valence-corrected chi connectivity index (χ1v) is 8.55. The number of nitrogens with one attached hydrogen (secondary N) is 1. The van der Waals surface area contributed by atoms with Gasteiger partial charge in [-0.3, -0.25) is 0 Å². The predicted molar refractivity (Wildman–Crippen MR) is 93.2 cm³/mol. The van der Waals surface area contributed by atoms with E-state index in [1.165, 1.54) is 25.3 Å². The van der Waals surface area contributed by atoms with Crippen LogP contribution >= 0.6 is 12.4 Å². The molecule has 9 heteroatoms. The van der Waals surface area contributed by atoms with E-state index in [2.05, 4.69) is 4.72 Å². The number of carboxylic acids is 1. The van der Waals surface area contributed by atoms with Crippen LogP contribution in [-0.2, 0) is 19.6 Å². The van der Waals surface area contributed by atoms with Crippen LogP contribution in [0, 0.1) is 0 Å². The van der Waals surface area contributed by atoms with Crippen LogP contribution in [0.2, 0.25) is 0 Å². The van der Waals surface area contributed by atoms with Crippen molar-refractivity contribution in [1.29, 1.82) is 0 Å². The average Bonchev–Trinajstić information content (AvgIpc) is 2.52. The van der Waals surface area contributed by atoms with Crippen LogP contribution in [-0.4, -0.2) is 46.4 Å². The van der Waals surface area contributed by atoms with Crippen LogP contribution in [0.25, 0.3) is 6.08 Å². The van der Waals surface area contributed by atoms with E-state index < -0.39 is 16.0 Å². The number of aliphatic carboxylic acids is 1. The van der Waals surface area contributed by atoms with E-state index in [0.717, 1.165) is 6.08 Å². The first kappa shape index (κ1) is 22.4. The Labute approximate surface area is 148 Å². The molecule has 136 valence electrons. The summed E-state index contributed by atoms with van der Waals surface area (Å²) in [4.78, 5) is 10.5. The molecular formula is C15H22ClNO6S. The van der Waals surface area contributed by atoms with Crippen molar-refractivity contribution in [2.24, 2.45) is 0 Å². The zero-order valence-electron chi connectivity index (χ0n) is 13.5. The zero-order chi connectivity index (χ0) is 17.3. The van der Waals surface area contributed by atoms with Gasteiger partial charge in [-0.25, -0.2) is 17.9 Å². The Bertz CT molecular complexity index is 660. The van der Waals surface area contributed by atoms with Gasteiger partial charge in [0.1, 0.15) is 10.6 Å². The summed E-state index contributed by atoms with van der Waals surface area (Å²) >= 11 is 0. The quantitative estimate of drug-likeness (QED) is 0.475. The van der Waals surface area contributed by atoms with Crippen molar-refractivity contribution in [3.8, 4) is 5.75 Å². The minimum Gasteiger partial charge on any atom is -0.495 e. The molecule has 0 saturated heterocycles. The van der Waals surface area contributed by atoms with E-state index in [-0.39, 0.29) is 29.6 Å². The lowest BCUT2D eigenvalue weighted by atomic mass is 10.2. The molecule has 1 rings (SSSR count). The Morgan fingerprint density at radius 2 is 2.08 bits per heavy atom. The fourth-order valence-electron chi connectivity index (χ4n) is 1.78.